The second-order valence-corrected chi connectivity index (χ2v) is 7.78. The van der Waals surface area contributed by atoms with Crippen LogP contribution < -0.4 is 9.80 Å². The van der Waals surface area contributed by atoms with Crippen LogP contribution in [0.2, 0.25) is 0 Å². The Balaban J connectivity index is 1.29. The maximum Gasteiger partial charge on any atom is 0.414 e. The van der Waals surface area contributed by atoms with Gasteiger partial charge in [0.25, 0.3) is 0 Å². The summed E-state index contributed by atoms with van der Waals surface area (Å²) in [5.74, 6) is 0.896. The number of nitrogens with zero attached hydrogens (tertiary/aromatic N) is 4. The monoisotopic (exact) mass is 386 g/mol. The summed E-state index contributed by atoms with van der Waals surface area (Å²) in [5, 5.41) is 3.00. The third-order valence-electron chi connectivity index (χ3n) is 5.39. The molecule has 8 heteroatoms. The van der Waals surface area contributed by atoms with Crippen molar-refractivity contribution in [1.29, 1.82) is 0 Å². The fourth-order valence-electron chi connectivity index (χ4n) is 4.00. The maximum absolute atomic E-state index is 13.5. The first-order chi connectivity index (χ1) is 13.2. The Bertz CT molecular complexity index is 893. The zero-order valence-corrected chi connectivity index (χ0v) is 15.5. The number of thiazole rings is 1. The van der Waals surface area contributed by atoms with Crippen LogP contribution >= 0.6 is 11.3 Å². The SMILES string of the molecule is O=C1OCc2cc(F)ccc2N1C1CCN(C2=CCN2c2nccs2)CC1. The van der Waals surface area contributed by atoms with Crippen LogP contribution in [-0.4, -0.2) is 41.7 Å². The minimum atomic E-state index is -0.333. The minimum Gasteiger partial charge on any atom is -0.444 e. The number of cyclic esters (lactones) is 1. The van der Waals surface area contributed by atoms with Gasteiger partial charge in [0.05, 0.1) is 5.69 Å². The second kappa shape index (κ2) is 6.53. The molecule has 140 valence electrons. The topological polar surface area (TPSA) is 48.9 Å². The number of anilines is 2. The Morgan fingerprint density at radius 2 is 2.11 bits per heavy atom. The third kappa shape index (κ3) is 2.84. The Hall–Kier alpha value is -2.61. The number of hydrogen-bond acceptors (Lipinski definition) is 6. The number of benzene rings is 1. The lowest BCUT2D eigenvalue weighted by Crippen LogP contribution is -2.52. The second-order valence-electron chi connectivity index (χ2n) is 6.90. The fourth-order valence-corrected chi connectivity index (χ4v) is 4.66. The fraction of sp³-hybridized carbons (Fsp3) is 0.368. The molecule has 3 aliphatic rings. The highest BCUT2D eigenvalue weighted by Gasteiger charge is 2.36. The molecule has 2 aromatic rings. The van der Waals surface area contributed by atoms with Crippen molar-refractivity contribution in [2.75, 3.05) is 29.4 Å². The quantitative estimate of drug-likeness (QED) is 0.807. The van der Waals surface area contributed by atoms with E-state index in [2.05, 4.69) is 20.9 Å². The van der Waals surface area contributed by atoms with E-state index in [1.165, 1.54) is 18.0 Å². The first-order valence-corrected chi connectivity index (χ1v) is 9.95. The van der Waals surface area contributed by atoms with Gasteiger partial charge in [-0.25, -0.2) is 14.2 Å². The number of amides is 1. The minimum absolute atomic E-state index is 0.0623. The van der Waals surface area contributed by atoms with Crippen LogP contribution in [-0.2, 0) is 11.3 Å². The molecular weight excluding hydrogens is 367 g/mol. The predicted octanol–water partition coefficient (Wildman–Crippen LogP) is 3.56. The van der Waals surface area contributed by atoms with E-state index in [0.29, 0.717) is 0 Å². The summed E-state index contributed by atoms with van der Waals surface area (Å²) >= 11 is 1.64. The van der Waals surface area contributed by atoms with Crippen molar-refractivity contribution in [2.45, 2.75) is 25.5 Å². The van der Waals surface area contributed by atoms with E-state index in [0.717, 1.165) is 48.9 Å². The number of hydrogen-bond donors (Lipinski definition) is 0. The van der Waals surface area contributed by atoms with Crippen molar-refractivity contribution in [3.63, 3.8) is 0 Å². The van der Waals surface area contributed by atoms with Crippen molar-refractivity contribution in [2.24, 2.45) is 0 Å². The van der Waals surface area contributed by atoms with Gasteiger partial charge in [-0.1, -0.05) is 0 Å². The summed E-state index contributed by atoms with van der Waals surface area (Å²) < 4.78 is 18.8. The molecule has 1 aromatic heterocycles. The molecule has 4 heterocycles. The number of halogens is 1. The van der Waals surface area contributed by atoms with E-state index in [9.17, 15) is 9.18 Å². The van der Waals surface area contributed by atoms with Gasteiger partial charge in [0, 0.05) is 42.8 Å². The highest BCUT2D eigenvalue weighted by atomic mass is 32.1. The number of ether oxygens (including phenoxy) is 1. The van der Waals surface area contributed by atoms with Crippen LogP contribution in [0.3, 0.4) is 0 Å². The first-order valence-electron chi connectivity index (χ1n) is 9.07. The van der Waals surface area contributed by atoms with E-state index >= 15 is 0 Å². The van der Waals surface area contributed by atoms with Crippen molar-refractivity contribution < 1.29 is 13.9 Å². The average Bonchev–Trinajstić information content (AvgIpc) is 3.16. The van der Waals surface area contributed by atoms with Gasteiger partial charge in [0.15, 0.2) is 5.13 Å². The summed E-state index contributed by atoms with van der Waals surface area (Å²) in [7, 11) is 0. The predicted molar refractivity (Wildman–Crippen MR) is 101 cm³/mol. The third-order valence-corrected chi connectivity index (χ3v) is 6.18. The lowest BCUT2D eigenvalue weighted by molar-refractivity contribution is 0.133. The summed E-state index contributed by atoms with van der Waals surface area (Å²) in [6.45, 7) is 2.74. The molecule has 0 spiro atoms. The van der Waals surface area contributed by atoms with E-state index in [4.69, 9.17) is 4.74 Å². The van der Waals surface area contributed by atoms with Crippen molar-refractivity contribution >= 4 is 28.2 Å². The molecule has 1 saturated heterocycles. The number of piperidine rings is 1. The zero-order valence-electron chi connectivity index (χ0n) is 14.7. The number of aromatic nitrogens is 1. The molecule has 0 radical (unpaired) electrons. The molecule has 27 heavy (non-hydrogen) atoms. The van der Waals surface area contributed by atoms with E-state index in [-0.39, 0.29) is 24.6 Å². The molecule has 0 unspecified atom stereocenters. The van der Waals surface area contributed by atoms with E-state index in [1.807, 2.05) is 11.6 Å². The molecule has 0 bridgehead atoms. The summed E-state index contributed by atoms with van der Waals surface area (Å²) in [4.78, 5) is 23.1. The van der Waals surface area contributed by atoms with Crippen LogP contribution in [0.15, 0.2) is 41.7 Å². The van der Waals surface area contributed by atoms with Gasteiger partial charge in [-0.2, -0.15) is 0 Å². The zero-order chi connectivity index (χ0) is 18.4. The Morgan fingerprint density at radius 1 is 1.26 bits per heavy atom. The van der Waals surface area contributed by atoms with Crippen LogP contribution in [0.5, 0.6) is 0 Å². The Labute approximate surface area is 160 Å². The summed E-state index contributed by atoms with van der Waals surface area (Å²) in [5.41, 5.74) is 1.51. The molecule has 0 saturated carbocycles. The van der Waals surface area contributed by atoms with Crippen LogP contribution in [0.4, 0.5) is 20.0 Å². The average molecular weight is 386 g/mol. The highest BCUT2D eigenvalue weighted by molar-refractivity contribution is 7.13. The number of carbonyl (C=O) groups is 1. The molecule has 0 N–H and O–H groups in total. The summed E-state index contributed by atoms with van der Waals surface area (Å²) in [6.07, 6.45) is 5.39. The van der Waals surface area contributed by atoms with Gasteiger partial charge in [-0.3, -0.25) is 4.90 Å². The molecule has 5 rings (SSSR count). The largest absolute Gasteiger partial charge is 0.444 e. The van der Waals surface area contributed by atoms with Crippen molar-refractivity contribution in [3.05, 3.63) is 53.1 Å². The molecule has 3 aliphatic heterocycles. The molecule has 0 atom stereocenters. The van der Waals surface area contributed by atoms with Gasteiger partial charge < -0.3 is 14.5 Å². The molecule has 1 amide bonds. The normalized spacial score (nSPS) is 20.1. The smallest absolute Gasteiger partial charge is 0.414 e. The van der Waals surface area contributed by atoms with Crippen LogP contribution in [0.25, 0.3) is 0 Å². The van der Waals surface area contributed by atoms with E-state index < -0.39 is 0 Å². The number of rotatable bonds is 3. The first kappa shape index (κ1) is 16.6. The Kier molecular flexibility index (Phi) is 4.00. The van der Waals surface area contributed by atoms with Crippen molar-refractivity contribution in [3.8, 4) is 0 Å². The van der Waals surface area contributed by atoms with Gasteiger partial charge in [-0.05, 0) is 37.1 Å². The molecule has 0 aliphatic carbocycles. The molecule has 6 nitrogen and oxygen atoms in total. The van der Waals surface area contributed by atoms with Gasteiger partial charge in [0.2, 0.25) is 0 Å². The highest BCUT2D eigenvalue weighted by Crippen LogP contribution is 2.35. The number of likely N-dealkylation sites (tertiary alicyclic amines) is 1. The Morgan fingerprint density at radius 3 is 2.81 bits per heavy atom. The van der Waals surface area contributed by atoms with Crippen molar-refractivity contribution in [1.82, 2.24) is 9.88 Å². The van der Waals surface area contributed by atoms with Crippen LogP contribution in [0.1, 0.15) is 18.4 Å². The number of fused-ring (bicyclic) bond motifs is 1. The van der Waals surface area contributed by atoms with Gasteiger partial charge >= 0.3 is 6.09 Å². The molecule has 1 aromatic carbocycles. The standard InChI is InChI=1S/C19H19FN4O2S/c20-14-1-2-16-13(11-14)12-26-19(25)24(16)15-3-7-22(8-4-15)17-5-9-23(17)18-21-6-10-27-18/h1-2,5-6,10-11,15H,3-4,7-9,12H2. The maximum atomic E-state index is 13.5. The molecule has 1 fully saturated rings. The lowest BCUT2D eigenvalue weighted by Gasteiger charge is -2.45. The van der Waals surface area contributed by atoms with Gasteiger partial charge in [0.1, 0.15) is 18.2 Å². The molecular formula is C19H19FN4O2S. The van der Waals surface area contributed by atoms with E-state index in [1.54, 1.807) is 22.3 Å². The van der Waals surface area contributed by atoms with Gasteiger partial charge in [-0.15, -0.1) is 11.3 Å². The van der Waals surface area contributed by atoms with Crippen LogP contribution in [0, 0.1) is 5.82 Å². The summed E-state index contributed by atoms with van der Waals surface area (Å²) in [6, 6.07) is 4.61. The lowest BCUT2D eigenvalue weighted by atomic mass is 10.00. The number of carbonyl (C=O) groups excluding carboxylic acids is 1.